The number of carbonyl (C=O) groups is 2. The molecule has 3 rings (SSSR count). The number of hydrogen-bond acceptors (Lipinski definition) is 4. The third kappa shape index (κ3) is 7.03. The van der Waals surface area contributed by atoms with Gasteiger partial charge < -0.3 is 10.2 Å². The van der Waals surface area contributed by atoms with Crippen LogP contribution in [0.4, 0.5) is 10.1 Å². The molecule has 0 aliphatic heterocycles. The number of amides is 2. The van der Waals surface area contributed by atoms with E-state index in [-0.39, 0.29) is 34.5 Å². The molecule has 0 saturated carbocycles. The van der Waals surface area contributed by atoms with Crippen molar-refractivity contribution in [3.63, 3.8) is 0 Å². The zero-order valence-electron chi connectivity index (χ0n) is 20.9. The Balaban J connectivity index is 2.08. The first kappa shape index (κ1) is 29.4. The maximum atomic E-state index is 13.9. The van der Waals surface area contributed by atoms with Gasteiger partial charge in [-0.2, -0.15) is 0 Å². The van der Waals surface area contributed by atoms with Gasteiger partial charge in [0.15, 0.2) is 0 Å². The van der Waals surface area contributed by atoms with Gasteiger partial charge in [-0.25, -0.2) is 12.8 Å². The Morgan fingerprint density at radius 1 is 0.974 bits per heavy atom. The molecule has 3 aromatic rings. The van der Waals surface area contributed by atoms with Gasteiger partial charge in [-0.05, 0) is 61.4 Å². The van der Waals surface area contributed by atoms with Crippen LogP contribution in [0.1, 0.15) is 25.8 Å². The predicted octanol–water partition coefficient (Wildman–Crippen LogP) is 5.27. The van der Waals surface area contributed by atoms with Crippen LogP contribution >= 0.6 is 23.2 Å². The highest BCUT2D eigenvalue weighted by molar-refractivity contribution is 7.92. The summed E-state index contributed by atoms with van der Waals surface area (Å²) in [5, 5.41) is 3.05. The molecule has 7 nitrogen and oxygen atoms in total. The summed E-state index contributed by atoms with van der Waals surface area (Å²) in [4.78, 5) is 28.0. The van der Waals surface area contributed by atoms with Crippen molar-refractivity contribution < 1.29 is 22.4 Å². The van der Waals surface area contributed by atoms with Crippen LogP contribution in [0.5, 0.6) is 0 Å². The van der Waals surface area contributed by atoms with Crippen molar-refractivity contribution in [2.75, 3.05) is 17.4 Å². The molecular formula is C27H28Cl2FN3O4S. The highest BCUT2D eigenvalue weighted by atomic mass is 35.5. The number of nitrogens with zero attached hydrogens (tertiary/aromatic N) is 2. The maximum absolute atomic E-state index is 13.9. The van der Waals surface area contributed by atoms with E-state index in [0.717, 1.165) is 4.31 Å². The quantitative estimate of drug-likeness (QED) is 0.335. The van der Waals surface area contributed by atoms with Crippen LogP contribution in [-0.4, -0.2) is 44.3 Å². The van der Waals surface area contributed by atoms with Gasteiger partial charge in [0.1, 0.15) is 18.4 Å². The largest absolute Gasteiger partial charge is 0.355 e. The lowest BCUT2D eigenvalue weighted by atomic mass is 10.1. The maximum Gasteiger partial charge on any atom is 0.264 e. The Labute approximate surface area is 232 Å². The summed E-state index contributed by atoms with van der Waals surface area (Å²) in [5.74, 6) is -1.47. The van der Waals surface area contributed by atoms with E-state index in [1.54, 1.807) is 32.0 Å². The SMILES string of the molecule is CCNC(=O)C(CC)N(Cc1ccc(F)cc1)C(=O)CN(c1ccc(Cl)cc1Cl)S(=O)(=O)c1ccccc1. The number of nitrogens with one attached hydrogen (secondary N) is 1. The molecule has 2 amide bonds. The Kier molecular flexibility index (Phi) is 10.1. The minimum atomic E-state index is -4.25. The van der Waals surface area contributed by atoms with E-state index in [0.29, 0.717) is 17.1 Å². The Hall–Kier alpha value is -3.14. The standard InChI is InChI=1S/C27H28Cl2FN3O4S/c1-3-24(27(35)31-4-2)32(17-19-10-13-21(30)14-11-19)26(34)18-33(25-15-12-20(28)16-23(25)29)38(36,37)22-8-6-5-7-9-22/h5-16,24H,3-4,17-18H2,1-2H3,(H,31,35). The van der Waals surface area contributed by atoms with Gasteiger partial charge in [0.25, 0.3) is 10.0 Å². The van der Waals surface area contributed by atoms with Crippen LogP contribution in [0.25, 0.3) is 0 Å². The van der Waals surface area contributed by atoms with Gasteiger partial charge in [-0.1, -0.05) is 60.5 Å². The molecule has 0 aromatic heterocycles. The second-order valence-electron chi connectivity index (χ2n) is 8.39. The first-order chi connectivity index (χ1) is 18.1. The fraction of sp³-hybridized carbons (Fsp3) is 0.259. The normalized spacial score (nSPS) is 12.0. The lowest BCUT2D eigenvalue weighted by Crippen LogP contribution is -2.52. The molecule has 0 spiro atoms. The van der Waals surface area contributed by atoms with Crippen LogP contribution in [0.15, 0.2) is 77.7 Å². The first-order valence-electron chi connectivity index (χ1n) is 11.9. The van der Waals surface area contributed by atoms with E-state index in [2.05, 4.69) is 5.32 Å². The van der Waals surface area contributed by atoms with Crippen molar-refractivity contribution in [1.29, 1.82) is 0 Å². The highest BCUT2D eigenvalue weighted by Crippen LogP contribution is 2.33. The molecular weight excluding hydrogens is 552 g/mol. The summed E-state index contributed by atoms with van der Waals surface area (Å²) >= 11 is 12.4. The van der Waals surface area contributed by atoms with Gasteiger partial charge in [-0.15, -0.1) is 0 Å². The lowest BCUT2D eigenvalue weighted by Gasteiger charge is -2.33. The summed E-state index contributed by atoms with van der Waals surface area (Å²) in [5.41, 5.74) is 0.630. The topological polar surface area (TPSA) is 86.8 Å². The third-order valence-corrected chi connectivity index (χ3v) is 8.10. The molecule has 202 valence electrons. The van der Waals surface area contributed by atoms with Crippen molar-refractivity contribution in [1.82, 2.24) is 10.2 Å². The van der Waals surface area contributed by atoms with Crippen LogP contribution in [0.2, 0.25) is 10.0 Å². The zero-order chi connectivity index (χ0) is 27.9. The lowest BCUT2D eigenvalue weighted by molar-refractivity contribution is -0.140. The second-order valence-corrected chi connectivity index (χ2v) is 11.1. The third-order valence-electron chi connectivity index (χ3n) is 5.79. The number of likely N-dealkylation sites (N-methyl/N-ethyl adjacent to an activating group) is 1. The summed E-state index contributed by atoms with van der Waals surface area (Å²) in [6.07, 6.45) is 0.270. The van der Waals surface area contributed by atoms with E-state index in [9.17, 15) is 22.4 Å². The highest BCUT2D eigenvalue weighted by Gasteiger charge is 2.34. The van der Waals surface area contributed by atoms with Gasteiger partial charge >= 0.3 is 0 Å². The molecule has 1 unspecified atom stereocenters. The van der Waals surface area contributed by atoms with Gasteiger partial charge in [0.2, 0.25) is 11.8 Å². The van der Waals surface area contributed by atoms with Crippen molar-refractivity contribution >= 4 is 50.7 Å². The van der Waals surface area contributed by atoms with Gasteiger partial charge in [0.05, 0.1) is 15.6 Å². The molecule has 0 heterocycles. The average Bonchev–Trinajstić information content (AvgIpc) is 2.89. The van der Waals surface area contributed by atoms with E-state index >= 15 is 0 Å². The summed E-state index contributed by atoms with van der Waals surface area (Å²) in [6.45, 7) is 3.17. The number of sulfonamides is 1. The minimum absolute atomic E-state index is 0.0330. The van der Waals surface area contributed by atoms with Gasteiger partial charge in [0, 0.05) is 18.1 Å². The Bertz CT molecular complexity index is 1370. The average molecular weight is 581 g/mol. The van der Waals surface area contributed by atoms with Crippen molar-refractivity contribution in [3.8, 4) is 0 Å². The monoisotopic (exact) mass is 579 g/mol. The van der Waals surface area contributed by atoms with Crippen LogP contribution in [-0.2, 0) is 26.2 Å². The molecule has 0 saturated heterocycles. The van der Waals surface area contributed by atoms with E-state index < -0.39 is 34.3 Å². The van der Waals surface area contributed by atoms with E-state index in [4.69, 9.17) is 23.2 Å². The first-order valence-corrected chi connectivity index (χ1v) is 14.1. The summed E-state index contributed by atoms with van der Waals surface area (Å²) < 4.78 is 41.9. The van der Waals surface area contributed by atoms with E-state index in [1.807, 2.05) is 0 Å². The molecule has 1 atom stereocenters. The van der Waals surface area contributed by atoms with Gasteiger partial charge in [-0.3, -0.25) is 13.9 Å². The van der Waals surface area contributed by atoms with Crippen LogP contribution in [0, 0.1) is 5.82 Å². The Morgan fingerprint density at radius 2 is 1.63 bits per heavy atom. The molecule has 0 fully saturated rings. The molecule has 0 bridgehead atoms. The molecule has 0 aliphatic rings. The Morgan fingerprint density at radius 3 is 2.21 bits per heavy atom. The van der Waals surface area contributed by atoms with Crippen LogP contribution < -0.4 is 9.62 Å². The number of halogens is 3. The van der Waals surface area contributed by atoms with Crippen LogP contribution in [0.3, 0.4) is 0 Å². The smallest absolute Gasteiger partial charge is 0.264 e. The number of benzene rings is 3. The summed E-state index contributed by atoms with van der Waals surface area (Å²) in [6, 6.07) is 16.5. The number of carbonyl (C=O) groups excluding carboxylic acids is 2. The second kappa shape index (κ2) is 13.1. The number of hydrogen-bond donors (Lipinski definition) is 1. The molecule has 0 radical (unpaired) electrons. The fourth-order valence-electron chi connectivity index (χ4n) is 3.91. The van der Waals surface area contributed by atoms with Crippen molar-refractivity contribution in [3.05, 3.63) is 94.2 Å². The van der Waals surface area contributed by atoms with Crippen molar-refractivity contribution in [2.45, 2.75) is 37.8 Å². The number of rotatable bonds is 11. The minimum Gasteiger partial charge on any atom is -0.355 e. The molecule has 1 N–H and O–H groups in total. The molecule has 3 aromatic carbocycles. The zero-order valence-corrected chi connectivity index (χ0v) is 23.2. The van der Waals surface area contributed by atoms with Crippen molar-refractivity contribution in [2.24, 2.45) is 0 Å². The predicted molar refractivity (Wildman–Crippen MR) is 147 cm³/mol. The van der Waals surface area contributed by atoms with E-state index in [1.165, 1.54) is 59.5 Å². The fourth-order valence-corrected chi connectivity index (χ4v) is 5.93. The number of anilines is 1. The molecule has 11 heteroatoms. The molecule has 38 heavy (non-hydrogen) atoms. The molecule has 0 aliphatic carbocycles. The summed E-state index contributed by atoms with van der Waals surface area (Å²) in [7, 11) is -4.25.